The van der Waals surface area contributed by atoms with Crippen molar-refractivity contribution in [3.05, 3.63) is 0 Å². The van der Waals surface area contributed by atoms with Crippen LogP contribution in [0.5, 0.6) is 0 Å². The van der Waals surface area contributed by atoms with E-state index in [0.29, 0.717) is 24.4 Å². The molecular formula is C15H28N2O. The molecule has 1 saturated carbocycles. The number of piperidine rings is 1. The number of nitrogens with two attached hydrogens (primary N) is 1. The summed E-state index contributed by atoms with van der Waals surface area (Å²) in [6.45, 7) is 4.36. The lowest BCUT2D eigenvalue weighted by Crippen LogP contribution is -2.52. The standard InChI is InChI=1S/C15H28N2O/c1-12-7-6-8-13(2)17(12)14(18)11-15(16)9-4-3-5-10-15/h12-13H,3-11,16H2,1-2H3/t12-,13+. The molecule has 2 rings (SSSR count). The minimum atomic E-state index is -0.216. The van der Waals surface area contributed by atoms with Gasteiger partial charge in [-0.05, 0) is 46.0 Å². The first kappa shape index (κ1) is 13.9. The highest BCUT2D eigenvalue weighted by molar-refractivity contribution is 5.78. The van der Waals surface area contributed by atoms with Crippen LogP contribution in [0.4, 0.5) is 0 Å². The Morgan fingerprint density at radius 2 is 1.67 bits per heavy atom. The Balaban J connectivity index is 1.97. The molecule has 0 aromatic rings. The fourth-order valence-corrected chi connectivity index (χ4v) is 3.74. The molecule has 0 bridgehead atoms. The predicted molar refractivity (Wildman–Crippen MR) is 74.2 cm³/mol. The number of carbonyl (C=O) groups is 1. The summed E-state index contributed by atoms with van der Waals surface area (Å²) in [5.74, 6) is 0.291. The number of carbonyl (C=O) groups excluding carboxylic acids is 1. The van der Waals surface area contributed by atoms with E-state index >= 15 is 0 Å². The monoisotopic (exact) mass is 252 g/mol. The van der Waals surface area contributed by atoms with Crippen molar-refractivity contribution in [3.8, 4) is 0 Å². The van der Waals surface area contributed by atoms with Crippen molar-refractivity contribution in [2.24, 2.45) is 5.73 Å². The van der Waals surface area contributed by atoms with Gasteiger partial charge in [-0.3, -0.25) is 4.79 Å². The molecule has 0 aromatic heterocycles. The number of rotatable bonds is 2. The van der Waals surface area contributed by atoms with E-state index in [-0.39, 0.29) is 5.54 Å². The maximum absolute atomic E-state index is 12.5. The zero-order valence-corrected chi connectivity index (χ0v) is 12.0. The second kappa shape index (κ2) is 5.60. The Morgan fingerprint density at radius 3 is 2.22 bits per heavy atom. The van der Waals surface area contributed by atoms with Crippen LogP contribution in [-0.2, 0) is 4.79 Å². The zero-order valence-electron chi connectivity index (χ0n) is 12.0. The highest BCUT2D eigenvalue weighted by Gasteiger charge is 2.35. The van der Waals surface area contributed by atoms with Gasteiger partial charge in [0.1, 0.15) is 0 Å². The lowest BCUT2D eigenvalue weighted by atomic mass is 9.79. The van der Waals surface area contributed by atoms with Crippen molar-refractivity contribution >= 4 is 5.91 Å². The van der Waals surface area contributed by atoms with E-state index in [1.165, 1.54) is 25.7 Å². The van der Waals surface area contributed by atoms with E-state index in [0.717, 1.165) is 25.7 Å². The molecule has 1 amide bonds. The second-order valence-electron chi connectivity index (χ2n) is 6.53. The van der Waals surface area contributed by atoms with Crippen molar-refractivity contribution < 1.29 is 4.79 Å². The van der Waals surface area contributed by atoms with E-state index in [4.69, 9.17) is 5.73 Å². The first-order valence-corrected chi connectivity index (χ1v) is 7.62. The molecule has 0 unspecified atom stereocenters. The van der Waals surface area contributed by atoms with Crippen LogP contribution < -0.4 is 5.73 Å². The van der Waals surface area contributed by atoms with Crippen LogP contribution in [-0.4, -0.2) is 28.4 Å². The van der Waals surface area contributed by atoms with Gasteiger partial charge in [0.2, 0.25) is 5.91 Å². The fraction of sp³-hybridized carbons (Fsp3) is 0.933. The SMILES string of the molecule is C[C@@H]1CCC[C@H](C)N1C(=O)CC1(N)CCCCC1. The molecule has 104 valence electrons. The summed E-state index contributed by atoms with van der Waals surface area (Å²) in [4.78, 5) is 14.6. The van der Waals surface area contributed by atoms with Crippen LogP contribution >= 0.6 is 0 Å². The number of hydrogen-bond acceptors (Lipinski definition) is 2. The summed E-state index contributed by atoms with van der Waals surface area (Å²) >= 11 is 0. The fourth-order valence-electron chi connectivity index (χ4n) is 3.74. The lowest BCUT2D eigenvalue weighted by molar-refractivity contribution is -0.138. The minimum Gasteiger partial charge on any atom is -0.337 e. The molecule has 0 aromatic carbocycles. The van der Waals surface area contributed by atoms with E-state index in [1.54, 1.807) is 0 Å². The number of likely N-dealkylation sites (tertiary alicyclic amines) is 1. The molecule has 1 saturated heterocycles. The second-order valence-corrected chi connectivity index (χ2v) is 6.53. The summed E-state index contributed by atoms with van der Waals surface area (Å²) in [6.07, 6.45) is 9.81. The lowest BCUT2D eigenvalue weighted by Gasteiger charge is -2.42. The van der Waals surface area contributed by atoms with Crippen LogP contribution in [0.1, 0.15) is 71.6 Å². The quantitative estimate of drug-likeness (QED) is 0.821. The molecule has 1 aliphatic carbocycles. The summed E-state index contributed by atoms with van der Waals surface area (Å²) in [6, 6.07) is 0.793. The van der Waals surface area contributed by atoms with Gasteiger partial charge in [-0.15, -0.1) is 0 Å². The first-order valence-electron chi connectivity index (χ1n) is 7.62. The minimum absolute atomic E-state index is 0.216. The molecule has 2 N–H and O–H groups in total. The van der Waals surface area contributed by atoms with Crippen LogP contribution in [0.3, 0.4) is 0 Å². The number of nitrogens with zero attached hydrogens (tertiary/aromatic N) is 1. The first-order chi connectivity index (χ1) is 8.52. The van der Waals surface area contributed by atoms with Gasteiger partial charge >= 0.3 is 0 Å². The molecule has 0 spiro atoms. The normalized spacial score (nSPS) is 32.3. The van der Waals surface area contributed by atoms with Gasteiger partial charge < -0.3 is 10.6 Å². The molecule has 2 fully saturated rings. The van der Waals surface area contributed by atoms with E-state index in [1.807, 2.05) is 0 Å². The van der Waals surface area contributed by atoms with E-state index < -0.39 is 0 Å². The Bertz CT molecular complexity index is 287. The van der Waals surface area contributed by atoms with Gasteiger partial charge in [-0.1, -0.05) is 19.3 Å². The van der Waals surface area contributed by atoms with Gasteiger partial charge in [0, 0.05) is 24.0 Å². The molecule has 3 nitrogen and oxygen atoms in total. The Hall–Kier alpha value is -0.570. The smallest absolute Gasteiger partial charge is 0.224 e. The third-order valence-corrected chi connectivity index (χ3v) is 4.83. The van der Waals surface area contributed by atoms with Crippen LogP contribution in [0, 0.1) is 0 Å². The van der Waals surface area contributed by atoms with Crippen LogP contribution in [0.15, 0.2) is 0 Å². The van der Waals surface area contributed by atoms with Crippen molar-refractivity contribution in [2.75, 3.05) is 0 Å². The van der Waals surface area contributed by atoms with Crippen molar-refractivity contribution in [1.29, 1.82) is 0 Å². The summed E-state index contributed by atoms with van der Waals surface area (Å²) < 4.78 is 0. The Morgan fingerprint density at radius 1 is 1.11 bits per heavy atom. The van der Waals surface area contributed by atoms with Gasteiger partial charge in [0.25, 0.3) is 0 Å². The van der Waals surface area contributed by atoms with Crippen molar-refractivity contribution in [1.82, 2.24) is 4.90 Å². The summed E-state index contributed by atoms with van der Waals surface area (Å²) in [5.41, 5.74) is 6.19. The maximum atomic E-state index is 12.5. The van der Waals surface area contributed by atoms with Crippen molar-refractivity contribution in [2.45, 2.75) is 89.3 Å². The van der Waals surface area contributed by atoms with E-state index in [2.05, 4.69) is 18.7 Å². The molecular weight excluding hydrogens is 224 g/mol. The third kappa shape index (κ3) is 3.05. The summed E-state index contributed by atoms with van der Waals surface area (Å²) in [7, 11) is 0. The van der Waals surface area contributed by atoms with Gasteiger partial charge in [-0.2, -0.15) is 0 Å². The maximum Gasteiger partial charge on any atom is 0.224 e. The highest BCUT2D eigenvalue weighted by Crippen LogP contribution is 2.31. The van der Waals surface area contributed by atoms with Crippen LogP contribution in [0.2, 0.25) is 0 Å². The molecule has 0 radical (unpaired) electrons. The number of amides is 1. The predicted octanol–water partition coefficient (Wildman–Crippen LogP) is 2.83. The molecule has 18 heavy (non-hydrogen) atoms. The average Bonchev–Trinajstić information content (AvgIpc) is 2.28. The van der Waals surface area contributed by atoms with Gasteiger partial charge in [-0.25, -0.2) is 0 Å². The van der Waals surface area contributed by atoms with Crippen molar-refractivity contribution in [3.63, 3.8) is 0 Å². The molecule has 3 heteroatoms. The van der Waals surface area contributed by atoms with E-state index in [9.17, 15) is 4.79 Å². The Kier molecular flexibility index (Phi) is 4.31. The molecule has 1 heterocycles. The van der Waals surface area contributed by atoms with Gasteiger partial charge in [0.05, 0.1) is 0 Å². The average molecular weight is 252 g/mol. The van der Waals surface area contributed by atoms with Gasteiger partial charge in [0.15, 0.2) is 0 Å². The third-order valence-electron chi connectivity index (χ3n) is 4.83. The zero-order chi connectivity index (χ0) is 13.2. The molecule has 2 aliphatic rings. The summed E-state index contributed by atoms with van der Waals surface area (Å²) in [5, 5.41) is 0. The topological polar surface area (TPSA) is 46.3 Å². The van der Waals surface area contributed by atoms with Crippen LogP contribution in [0.25, 0.3) is 0 Å². The largest absolute Gasteiger partial charge is 0.337 e. The highest BCUT2D eigenvalue weighted by atomic mass is 16.2. The Labute approximate surface area is 111 Å². The molecule has 2 atom stereocenters. The number of hydrogen-bond donors (Lipinski definition) is 1. The molecule has 1 aliphatic heterocycles.